The van der Waals surface area contributed by atoms with Crippen LogP contribution in [-0.4, -0.2) is 18.0 Å². The Labute approximate surface area is 139 Å². The van der Waals surface area contributed by atoms with Gasteiger partial charge in [-0.15, -0.1) is 12.4 Å². The summed E-state index contributed by atoms with van der Waals surface area (Å²) in [5.41, 5.74) is 7.19. The second-order valence-corrected chi connectivity index (χ2v) is 6.90. The van der Waals surface area contributed by atoms with Crippen molar-refractivity contribution < 1.29 is 4.79 Å². The molecule has 1 aromatic carbocycles. The predicted molar refractivity (Wildman–Crippen MR) is 92.2 cm³/mol. The van der Waals surface area contributed by atoms with Crippen molar-refractivity contribution in [1.82, 2.24) is 5.32 Å². The number of hydrogen-bond donors (Lipinski definition) is 2. The molecule has 2 fully saturated rings. The molecule has 2 saturated carbocycles. The Hall–Kier alpha value is -1.06. The van der Waals surface area contributed by atoms with Gasteiger partial charge in [0, 0.05) is 12.0 Å². The number of nitrogens with two attached hydrogens (primary N) is 1. The van der Waals surface area contributed by atoms with Crippen LogP contribution in [0.1, 0.15) is 56.9 Å². The molecule has 0 spiro atoms. The van der Waals surface area contributed by atoms with Crippen molar-refractivity contribution in [3.05, 3.63) is 35.9 Å². The molecule has 0 radical (unpaired) electrons. The Balaban J connectivity index is 0.00000176. The first-order chi connectivity index (χ1) is 10.1. The average Bonchev–Trinajstić information content (AvgIpc) is 2.48. The highest BCUT2D eigenvalue weighted by Crippen LogP contribution is 2.43. The number of benzene rings is 1. The van der Waals surface area contributed by atoms with Crippen molar-refractivity contribution in [2.45, 2.75) is 62.3 Å². The summed E-state index contributed by atoms with van der Waals surface area (Å²) in [5.74, 6) is 0.0596. The van der Waals surface area contributed by atoms with Crippen LogP contribution in [0.2, 0.25) is 0 Å². The SMILES string of the molecule is Cl.NC1(C(=O)NCC2(c3ccccc3)CCC2)CCCCC1. The highest BCUT2D eigenvalue weighted by Gasteiger charge is 2.41. The molecule has 0 heterocycles. The minimum absolute atomic E-state index is 0. The molecule has 2 aliphatic rings. The molecule has 0 atom stereocenters. The Kier molecular flexibility index (Phi) is 5.51. The topological polar surface area (TPSA) is 55.1 Å². The highest BCUT2D eigenvalue weighted by molar-refractivity contribution is 5.86. The van der Waals surface area contributed by atoms with Gasteiger partial charge in [0.25, 0.3) is 0 Å². The van der Waals surface area contributed by atoms with Crippen LogP contribution in [0.3, 0.4) is 0 Å². The molecule has 3 rings (SSSR count). The number of amides is 1. The molecule has 1 amide bonds. The third-order valence-electron chi connectivity index (χ3n) is 5.48. The second kappa shape index (κ2) is 7.01. The van der Waals surface area contributed by atoms with Gasteiger partial charge in [0.05, 0.1) is 5.54 Å². The maximum absolute atomic E-state index is 12.5. The minimum atomic E-state index is -0.625. The van der Waals surface area contributed by atoms with Crippen LogP contribution in [0.4, 0.5) is 0 Å². The fourth-order valence-corrected chi connectivity index (χ4v) is 3.80. The van der Waals surface area contributed by atoms with Gasteiger partial charge in [-0.25, -0.2) is 0 Å². The van der Waals surface area contributed by atoms with Crippen LogP contribution in [0.5, 0.6) is 0 Å². The quantitative estimate of drug-likeness (QED) is 0.893. The van der Waals surface area contributed by atoms with E-state index in [-0.39, 0.29) is 23.7 Å². The van der Waals surface area contributed by atoms with E-state index in [2.05, 4.69) is 29.6 Å². The van der Waals surface area contributed by atoms with Gasteiger partial charge < -0.3 is 11.1 Å². The molecule has 4 heteroatoms. The Morgan fingerprint density at radius 1 is 1.00 bits per heavy atom. The van der Waals surface area contributed by atoms with Gasteiger partial charge in [0.2, 0.25) is 5.91 Å². The summed E-state index contributed by atoms with van der Waals surface area (Å²) in [4.78, 5) is 12.5. The summed E-state index contributed by atoms with van der Waals surface area (Å²) in [6, 6.07) is 10.6. The molecule has 0 bridgehead atoms. The lowest BCUT2D eigenvalue weighted by atomic mass is 9.64. The van der Waals surface area contributed by atoms with E-state index in [1.807, 2.05) is 6.07 Å². The Morgan fingerprint density at radius 2 is 1.64 bits per heavy atom. The lowest BCUT2D eigenvalue weighted by molar-refractivity contribution is -0.128. The van der Waals surface area contributed by atoms with Gasteiger partial charge in [0.15, 0.2) is 0 Å². The summed E-state index contributed by atoms with van der Waals surface area (Å²) < 4.78 is 0. The van der Waals surface area contributed by atoms with Crippen LogP contribution >= 0.6 is 12.4 Å². The van der Waals surface area contributed by atoms with Crippen LogP contribution in [0, 0.1) is 0 Å². The summed E-state index contributed by atoms with van der Waals surface area (Å²) in [6.45, 7) is 0.731. The fraction of sp³-hybridized carbons (Fsp3) is 0.611. The van der Waals surface area contributed by atoms with Gasteiger partial charge in [-0.1, -0.05) is 56.0 Å². The molecule has 0 aliphatic heterocycles. The van der Waals surface area contributed by atoms with E-state index in [0.717, 1.165) is 45.1 Å². The summed E-state index contributed by atoms with van der Waals surface area (Å²) in [5, 5.41) is 3.17. The first-order valence-corrected chi connectivity index (χ1v) is 8.27. The zero-order valence-electron chi connectivity index (χ0n) is 13.1. The molecule has 22 heavy (non-hydrogen) atoms. The van der Waals surface area contributed by atoms with Crippen molar-refractivity contribution in [2.75, 3.05) is 6.54 Å². The van der Waals surface area contributed by atoms with E-state index in [4.69, 9.17) is 5.73 Å². The van der Waals surface area contributed by atoms with Crippen molar-refractivity contribution in [1.29, 1.82) is 0 Å². The van der Waals surface area contributed by atoms with Crippen LogP contribution < -0.4 is 11.1 Å². The van der Waals surface area contributed by atoms with E-state index in [0.29, 0.717) is 0 Å². The van der Waals surface area contributed by atoms with Gasteiger partial charge in [-0.2, -0.15) is 0 Å². The largest absolute Gasteiger partial charge is 0.354 e. The van der Waals surface area contributed by atoms with Gasteiger partial charge in [-0.05, 0) is 31.2 Å². The van der Waals surface area contributed by atoms with Crippen molar-refractivity contribution in [3.8, 4) is 0 Å². The molecular weight excluding hydrogens is 296 g/mol. The molecule has 3 N–H and O–H groups in total. The van der Waals surface area contributed by atoms with Crippen molar-refractivity contribution in [3.63, 3.8) is 0 Å². The molecular formula is C18H27ClN2O. The molecule has 0 unspecified atom stereocenters. The van der Waals surface area contributed by atoms with Gasteiger partial charge >= 0.3 is 0 Å². The second-order valence-electron chi connectivity index (χ2n) is 6.90. The zero-order chi connectivity index (χ0) is 14.8. The molecule has 0 aromatic heterocycles. The minimum Gasteiger partial charge on any atom is -0.354 e. The van der Waals surface area contributed by atoms with Crippen molar-refractivity contribution in [2.24, 2.45) is 5.73 Å². The van der Waals surface area contributed by atoms with E-state index in [1.165, 1.54) is 18.4 Å². The first kappa shape index (κ1) is 17.3. The summed E-state index contributed by atoms with van der Waals surface area (Å²) in [6.07, 6.45) is 8.60. The number of nitrogens with one attached hydrogen (secondary N) is 1. The third-order valence-corrected chi connectivity index (χ3v) is 5.48. The number of rotatable bonds is 4. The van der Waals surface area contributed by atoms with Crippen molar-refractivity contribution >= 4 is 18.3 Å². The molecule has 122 valence electrons. The Bertz CT molecular complexity index is 493. The van der Waals surface area contributed by atoms with Crippen LogP contribution in [0.25, 0.3) is 0 Å². The molecule has 1 aromatic rings. The Morgan fingerprint density at radius 3 is 2.18 bits per heavy atom. The lowest BCUT2D eigenvalue weighted by Crippen LogP contribution is -2.57. The third kappa shape index (κ3) is 3.31. The van der Waals surface area contributed by atoms with E-state index >= 15 is 0 Å². The van der Waals surface area contributed by atoms with E-state index in [1.54, 1.807) is 0 Å². The average molecular weight is 323 g/mol. The lowest BCUT2D eigenvalue weighted by Gasteiger charge is -2.43. The van der Waals surface area contributed by atoms with E-state index in [9.17, 15) is 4.79 Å². The first-order valence-electron chi connectivity index (χ1n) is 8.27. The summed E-state index contributed by atoms with van der Waals surface area (Å²) in [7, 11) is 0. The standard InChI is InChI=1S/C18H26N2O.ClH/c19-18(12-5-2-6-13-18)16(21)20-14-17(10-7-11-17)15-8-3-1-4-9-15;/h1,3-4,8-9H,2,5-7,10-14,19H2,(H,20,21);1H. The zero-order valence-corrected chi connectivity index (χ0v) is 14.0. The highest BCUT2D eigenvalue weighted by atomic mass is 35.5. The molecule has 0 saturated heterocycles. The number of halogens is 1. The number of hydrogen-bond acceptors (Lipinski definition) is 2. The number of carbonyl (C=O) groups is 1. The number of carbonyl (C=O) groups excluding carboxylic acids is 1. The van der Waals surface area contributed by atoms with E-state index < -0.39 is 5.54 Å². The van der Waals surface area contributed by atoms with Crippen LogP contribution in [-0.2, 0) is 10.2 Å². The predicted octanol–water partition coefficient (Wildman–Crippen LogP) is 3.31. The fourth-order valence-electron chi connectivity index (χ4n) is 3.80. The molecule has 3 nitrogen and oxygen atoms in total. The van der Waals surface area contributed by atoms with Gasteiger partial charge in [0.1, 0.15) is 0 Å². The van der Waals surface area contributed by atoms with Crippen LogP contribution in [0.15, 0.2) is 30.3 Å². The summed E-state index contributed by atoms with van der Waals surface area (Å²) >= 11 is 0. The van der Waals surface area contributed by atoms with Gasteiger partial charge in [-0.3, -0.25) is 4.79 Å². The normalized spacial score (nSPS) is 22.0. The monoisotopic (exact) mass is 322 g/mol. The molecule has 2 aliphatic carbocycles. The maximum atomic E-state index is 12.5. The smallest absolute Gasteiger partial charge is 0.240 e. The maximum Gasteiger partial charge on any atom is 0.240 e.